The van der Waals surface area contributed by atoms with E-state index in [-0.39, 0.29) is 11.2 Å². The molecule has 1 atom stereocenters. The minimum Gasteiger partial charge on any atom is -0.504 e. The number of amides is 1. The molecule has 6 nitrogen and oxygen atoms in total. The first-order chi connectivity index (χ1) is 13.6. The predicted octanol–water partition coefficient (Wildman–Crippen LogP) is 4.28. The van der Waals surface area contributed by atoms with Crippen molar-refractivity contribution in [2.75, 3.05) is 12.4 Å². The van der Waals surface area contributed by atoms with E-state index < -0.39 is 18.0 Å². The molecule has 2 rings (SSSR count). The van der Waals surface area contributed by atoms with Gasteiger partial charge in [0.25, 0.3) is 5.91 Å². The molecule has 1 amide bonds. The van der Waals surface area contributed by atoms with Crippen LogP contribution in [-0.4, -0.2) is 30.2 Å². The number of hydrogen-bond donors (Lipinski definition) is 2. The van der Waals surface area contributed by atoms with E-state index in [1.807, 2.05) is 24.3 Å². The van der Waals surface area contributed by atoms with E-state index in [1.165, 1.54) is 32.3 Å². The van der Waals surface area contributed by atoms with Crippen molar-refractivity contribution in [3.63, 3.8) is 0 Å². The van der Waals surface area contributed by atoms with Crippen LogP contribution in [0.2, 0.25) is 0 Å². The van der Waals surface area contributed by atoms with Crippen molar-refractivity contribution in [3.05, 3.63) is 59.7 Å². The van der Waals surface area contributed by atoms with Gasteiger partial charge in [0.15, 0.2) is 17.6 Å². The van der Waals surface area contributed by atoms with Crippen molar-refractivity contribution in [1.82, 2.24) is 0 Å². The Hall–Kier alpha value is -3.28. The molecule has 0 bridgehead atoms. The molecule has 154 valence electrons. The van der Waals surface area contributed by atoms with Gasteiger partial charge in [-0.05, 0) is 53.8 Å². The quantitative estimate of drug-likeness (QED) is 0.561. The summed E-state index contributed by atoms with van der Waals surface area (Å²) in [6.45, 7) is 7.85. The van der Waals surface area contributed by atoms with Crippen LogP contribution in [0.3, 0.4) is 0 Å². The van der Waals surface area contributed by atoms with Crippen molar-refractivity contribution in [3.8, 4) is 11.5 Å². The number of methoxy groups -OCH3 is 1. The standard InChI is InChI=1S/C23H27NO5/c1-15(22(27)24-18-10-8-17(9-11-18)23(2,3)4)29-21(26)13-7-16-6-12-19(25)20(14-16)28-5/h6-15,25H,1-5H3,(H,24,27)/b13-7-/t15-/m0/s1. The Balaban J connectivity index is 1.92. The number of benzene rings is 2. The molecule has 0 aliphatic heterocycles. The summed E-state index contributed by atoms with van der Waals surface area (Å²) < 4.78 is 10.2. The van der Waals surface area contributed by atoms with Gasteiger partial charge in [-0.2, -0.15) is 0 Å². The zero-order valence-electron chi connectivity index (χ0n) is 17.4. The Morgan fingerprint density at radius 2 is 1.76 bits per heavy atom. The fraction of sp³-hybridized carbons (Fsp3) is 0.304. The van der Waals surface area contributed by atoms with Crippen molar-refractivity contribution in [1.29, 1.82) is 0 Å². The number of esters is 1. The van der Waals surface area contributed by atoms with Gasteiger partial charge in [0, 0.05) is 11.8 Å². The SMILES string of the molecule is COc1cc(/C=C\C(=O)O[C@@H](C)C(=O)Nc2ccc(C(C)(C)C)cc2)ccc1O. The second-order valence-electron chi connectivity index (χ2n) is 7.66. The number of aromatic hydroxyl groups is 1. The van der Waals surface area contributed by atoms with Crippen LogP contribution in [0.25, 0.3) is 6.08 Å². The number of carbonyl (C=O) groups excluding carboxylic acids is 2. The molecule has 0 radical (unpaired) electrons. The Bertz CT molecular complexity index is 894. The van der Waals surface area contributed by atoms with Crippen LogP contribution < -0.4 is 10.1 Å². The number of ether oxygens (including phenoxy) is 2. The third-order valence-corrected chi connectivity index (χ3v) is 4.30. The first kappa shape index (κ1) is 22.0. The summed E-state index contributed by atoms with van der Waals surface area (Å²) in [5, 5.41) is 12.3. The number of nitrogens with one attached hydrogen (secondary N) is 1. The fourth-order valence-corrected chi connectivity index (χ4v) is 2.53. The van der Waals surface area contributed by atoms with Gasteiger partial charge < -0.3 is 19.9 Å². The maximum absolute atomic E-state index is 12.3. The van der Waals surface area contributed by atoms with Crippen molar-refractivity contribution in [2.45, 2.75) is 39.2 Å². The highest BCUT2D eigenvalue weighted by Gasteiger charge is 2.18. The average Bonchev–Trinajstić information content (AvgIpc) is 2.67. The van der Waals surface area contributed by atoms with Gasteiger partial charge in [0.05, 0.1) is 7.11 Å². The molecular weight excluding hydrogens is 370 g/mol. The Kier molecular flexibility index (Phi) is 7.04. The van der Waals surface area contributed by atoms with E-state index in [0.717, 1.165) is 5.56 Å². The van der Waals surface area contributed by atoms with Crippen LogP contribution in [0.5, 0.6) is 11.5 Å². The minimum atomic E-state index is -0.955. The molecule has 0 unspecified atom stereocenters. The smallest absolute Gasteiger partial charge is 0.331 e. The van der Waals surface area contributed by atoms with Crippen molar-refractivity contribution < 1.29 is 24.2 Å². The number of rotatable bonds is 6. The van der Waals surface area contributed by atoms with Gasteiger partial charge >= 0.3 is 5.97 Å². The lowest BCUT2D eigenvalue weighted by atomic mass is 9.87. The topological polar surface area (TPSA) is 84.9 Å². The maximum Gasteiger partial charge on any atom is 0.331 e. The highest BCUT2D eigenvalue weighted by molar-refractivity contribution is 5.96. The average molecular weight is 397 g/mol. The fourth-order valence-electron chi connectivity index (χ4n) is 2.53. The Labute approximate surface area is 171 Å². The molecule has 0 heterocycles. The van der Waals surface area contributed by atoms with Crippen LogP contribution in [0.15, 0.2) is 48.5 Å². The van der Waals surface area contributed by atoms with Crippen LogP contribution in [-0.2, 0) is 19.7 Å². The van der Waals surface area contributed by atoms with Crippen LogP contribution >= 0.6 is 0 Å². The van der Waals surface area contributed by atoms with E-state index >= 15 is 0 Å². The van der Waals surface area contributed by atoms with E-state index in [9.17, 15) is 14.7 Å². The molecule has 6 heteroatoms. The van der Waals surface area contributed by atoms with Crippen molar-refractivity contribution >= 4 is 23.6 Å². The highest BCUT2D eigenvalue weighted by atomic mass is 16.5. The van der Waals surface area contributed by atoms with E-state index in [1.54, 1.807) is 12.1 Å². The molecule has 0 aromatic heterocycles. The molecule has 0 aliphatic carbocycles. The van der Waals surface area contributed by atoms with E-state index in [0.29, 0.717) is 17.0 Å². The summed E-state index contributed by atoms with van der Waals surface area (Å²) in [6.07, 6.45) is 1.78. The van der Waals surface area contributed by atoms with Crippen LogP contribution in [0.4, 0.5) is 5.69 Å². The predicted molar refractivity (Wildman–Crippen MR) is 113 cm³/mol. The number of hydrogen-bond acceptors (Lipinski definition) is 5. The molecule has 0 aliphatic rings. The Morgan fingerprint density at radius 3 is 2.34 bits per heavy atom. The first-order valence-corrected chi connectivity index (χ1v) is 9.27. The first-order valence-electron chi connectivity index (χ1n) is 9.27. The number of carbonyl (C=O) groups is 2. The molecule has 2 aromatic carbocycles. The largest absolute Gasteiger partial charge is 0.504 e. The zero-order valence-corrected chi connectivity index (χ0v) is 17.4. The van der Waals surface area contributed by atoms with Crippen molar-refractivity contribution in [2.24, 2.45) is 0 Å². The van der Waals surface area contributed by atoms with Crippen LogP contribution in [0, 0.1) is 0 Å². The summed E-state index contributed by atoms with van der Waals surface area (Å²) in [4.78, 5) is 24.3. The lowest BCUT2D eigenvalue weighted by Gasteiger charge is -2.19. The lowest BCUT2D eigenvalue weighted by Crippen LogP contribution is -2.29. The molecule has 0 saturated carbocycles. The van der Waals surface area contributed by atoms with Gasteiger partial charge in [-0.25, -0.2) is 4.79 Å². The summed E-state index contributed by atoms with van der Waals surface area (Å²) in [5.74, 6) is -0.761. The van der Waals surface area contributed by atoms with Crippen LogP contribution in [0.1, 0.15) is 38.8 Å². The minimum absolute atomic E-state index is 0.00746. The molecule has 2 N–H and O–H groups in total. The number of anilines is 1. The molecule has 2 aromatic rings. The maximum atomic E-state index is 12.3. The molecular formula is C23H27NO5. The summed E-state index contributed by atoms with van der Waals surface area (Å²) in [6, 6.07) is 12.2. The molecule has 0 fully saturated rings. The Morgan fingerprint density at radius 1 is 1.10 bits per heavy atom. The van der Waals surface area contributed by atoms with Gasteiger partial charge in [0.1, 0.15) is 0 Å². The summed E-state index contributed by atoms with van der Waals surface area (Å²) >= 11 is 0. The second-order valence-corrected chi connectivity index (χ2v) is 7.66. The monoisotopic (exact) mass is 397 g/mol. The number of phenols is 1. The summed E-state index contributed by atoms with van der Waals surface area (Å²) in [7, 11) is 1.44. The third kappa shape index (κ3) is 6.38. The van der Waals surface area contributed by atoms with Gasteiger partial charge in [-0.1, -0.05) is 39.0 Å². The lowest BCUT2D eigenvalue weighted by molar-refractivity contribution is -0.148. The van der Waals surface area contributed by atoms with Gasteiger partial charge in [0.2, 0.25) is 0 Å². The van der Waals surface area contributed by atoms with E-state index in [2.05, 4.69) is 26.1 Å². The third-order valence-electron chi connectivity index (χ3n) is 4.30. The van der Waals surface area contributed by atoms with Gasteiger partial charge in [-0.15, -0.1) is 0 Å². The molecule has 29 heavy (non-hydrogen) atoms. The highest BCUT2D eigenvalue weighted by Crippen LogP contribution is 2.27. The van der Waals surface area contributed by atoms with Gasteiger partial charge in [-0.3, -0.25) is 4.79 Å². The van der Waals surface area contributed by atoms with E-state index in [4.69, 9.17) is 9.47 Å². The number of phenolic OH excluding ortho intramolecular Hbond substituents is 1. The molecule has 0 spiro atoms. The molecule has 0 saturated heterocycles. The summed E-state index contributed by atoms with van der Waals surface area (Å²) in [5.41, 5.74) is 2.47. The normalized spacial score (nSPS) is 12.4. The zero-order chi connectivity index (χ0) is 21.6. The second kappa shape index (κ2) is 9.28.